The summed E-state index contributed by atoms with van der Waals surface area (Å²) in [6, 6.07) is 3.22. The summed E-state index contributed by atoms with van der Waals surface area (Å²) in [5.41, 5.74) is 0. The van der Waals surface area contributed by atoms with Crippen molar-refractivity contribution in [3.05, 3.63) is 35.0 Å². The van der Waals surface area contributed by atoms with E-state index in [2.05, 4.69) is 6.58 Å². The lowest BCUT2D eigenvalue weighted by Gasteiger charge is -2.11. The van der Waals surface area contributed by atoms with E-state index in [0.29, 0.717) is 4.88 Å². The van der Waals surface area contributed by atoms with Crippen LogP contribution >= 0.6 is 11.3 Å². The second-order valence-corrected chi connectivity index (χ2v) is 3.87. The molecule has 0 aliphatic carbocycles. The number of Topliss-reactive ketones (excluding diaryl/α,β-unsaturated/α-hetero) is 1. The lowest BCUT2D eigenvalue weighted by atomic mass is 10.1. The first kappa shape index (κ1) is 11.0. The number of halogens is 2. The van der Waals surface area contributed by atoms with E-state index in [-0.39, 0.29) is 0 Å². The maximum absolute atomic E-state index is 13.0. The van der Waals surface area contributed by atoms with Gasteiger partial charge in [0.2, 0.25) is 0 Å². The zero-order chi connectivity index (χ0) is 10.6. The second-order valence-electron chi connectivity index (χ2n) is 2.93. The average Bonchev–Trinajstić information content (AvgIpc) is 2.53. The summed E-state index contributed by atoms with van der Waals surface area (Å²) in [7, 11) is 0. The van der Waals surface area contributed by atoms with E-state index in [0.717, 1.165) is 6.08 Å². The molecule has 1 nitrogen and oxygen atoms in total. The molecule has 4 heteroatoms. The van der Waals surface area contributed by atoms with Crippen molar-refractivity contribution in [3.63, 3.8) is 0 Å². The molecule has 0 N–H and O–H groups in total. The monoisotopic (exact) mass is 216 g/mol. The van der Waals surface area contributed by atoms with E-state index in [1.165, 1.54) is 11.3 Å². The maximum atomic E-state index is 13.0. The Bertz CT molecular complexity index is 317. The van der Waals surface area contributed by atoms with Gasteiger partial charge in [-0.3, -0.25) is 4.79 Å². The summed E-state index contributed by atoms with van der Waals surface area (Å²) in [6.45, 7) is 3.23. The van der Waals surface area contributed by atoms with Crippen molar-refractivity contribution in [2.75, 3.05) is 0 Å². The van der Waals surface area contributed by atoms with E-state index in [1.807, 2.05) is 0 Å². The lowest BCUT2D eigenvalue weighted by molar-refractivity contribution is 0.000501. The average molecular weight is 216 g/mol. The van der Waals surface area contributed by atoms with Crippen LogP contribution in [-0.2, 0) is 0 Å². The molecule has 0 bridgehead atoms. The third kappa shape index (κ3) is 3.03. The summed E-state index contributed by atoms with van der Waals surface area (Å²) >= 11 is 1.18. The summed E-state index contributed by atoms with van der Waals surface area (Å²) in [5.74, 6) is -3.48. The number of hydrogen-bond donors (Lipinski definition) is 0. The van der Waals surface area contributed by atoms with Gasteiger partial charge in [0.25, 0.3) is 5.92 Å². The molecule has 1 heterocycles. The van der Waals surface area contributed by atoms with Crippen molar-refractivity contribution < 1.29 is 13.6 Å². The molecule has 14 heavy (non-hydrogen) atoms. The first-order valence-electron chi connectivity index (χ1n) is 4.10. The number of alkyl halides is 2. The molecule has 0 atom stereocenters. The Balaban J connectivity index is 2.61. The van der Waals surface area contributed by atoms with Crippen LogP contribution in [0.3, 0.4) is 0 Å². The van der Waals surface area contributed by atoms with E-state index < -0.39 is 24.5 Å². The van der Waals surface area contributed by atoms with Crippen molar-refractivity contribution in [2.24, 2.45) is 0 Å². The van der Waals surface area contributed by atoms with Gasteiger partial charge in [0, 0.05) is 6.42 Å². The van der Waals surface area contributed by atoms with Crippen LogP contribution in [0.15, 0.2) is 30.2 Å². The number of allylic oxidation sites excluding steroid dienone is 1. The Hall–Kier alpha value is -1.03. The van der Waals surface area contributed by atoms with Crippen LogP contribution in [0.2, 0.25) is 0 Å². The topological polar surface area (TPSA) is 17.1 Å². The Morgan fingerprint density at radius 1 is 1.64 bits per heavy atom. The van der Waals surface area contributed by atoms with Crippen LogP contribution in [0.1, 0.15) is 22.5 Å². The number of hydrogen-bond acceptors (Lipinski definition) is 2. The van der Waals surface area contributed by atoms with Gasteiger partial charge in [0.05, 0.1) is 11.3 Å². The molecule has 1 rings (SSSR count). The van der Waals surface area contributed by atoms with Crippen molar-refractivity contribution in [3.8, 4) is 0 Å². The fourth-order valence-electron chi connectivity index (χ4n) is 1.04. The largest absolute Gasteiger partial charge is 0.293 e. The molecule has 1 aromatic heterocycles. The van der Waals surface area contributed by atoms with Gasteiger partial charge in [-0.15, -0.1) is 17.9 Å². The molecule has 0 aliphatic rings. The van der Waals surface area contributed by atoms with Crippen LogP contribution in [0.25, 0.3) is 0 Å². The van der Waals surface area contributed by atoms with Gasteiger partial charge < -0.3 is 0 Å². The predicted molar refractivity (Wildman–Crippen MR) is 53.0 cm³/mol. The first-order chi connectivity index (χ1) is 6.55. The normalized spacial score (nSPS) is 11.3. The Labute approximate surface area is 85.1 Å². The number of rotatable bonds is 5. The van der Waals surface area contributed by atoms with E-state index in [9.17, 15) is 13.6 Å². The molecule has 1 aromatic rings. The first-order valence-corrected chi connectivity index (χ1v) is 4.98. The fraction of sp³-hybridized carbons (Fsp3) is 0.300. The van der Waals surface area contributed by atoms with Gasteiger partial charge in [-0.1, -0.05) is 12.1 Å². The number of ketones is 1. The van der Waals surface area contributed by atoms with Crippen LogP contribution in [-0.4, -0.2) is 11.7 Å². The fourth-order valence-corrected chi connectivity index (χ4v) is 1.71. The third-order valence-corrected chi connectivity index (χ3v) is 2.57. The molecule has 0 spiro atoms. The number of thiophene rings is 1. The highest BCUT2D eigenvalue weighted by Crippen LogP contribution is 2.26. The highest BCUT2D eigenvalue weighted by atomic mass is 32.1. The molecule has 0 amide bonds. The van der Waals surface area contributed by atoms with Crippen molar-refractivity contribution in [1.29, 1.82) is 0 Å². The summed E-state index contributed by atoms with van der Waals surface area (Å²) < 4.78 is 26.0. The van der Waals surface area contributed by atoms with Gasteiger partial charge in [-0.2, -0.15) is 0 Å². The Morgan fingerprint density at radius 2 is 2.36 bits per heavy atom. The molecule has 0 aromatic carbocycles. The maximum Gasteiger partial charge on any atom is 0.258 e. The molecule has 0 aliphatic heterocycles. The minimum atomic E-state index is -2.97. The van der Waals surface area contributed by atoms with Crippen LogP contribution in [0.5, 0.6) is 0 Å². The molecule has 0 saturated heterocycles. The molecule has 0 unspecified atom stereocenters. The predicted octanol–water partition coefficient (Wildman–Crippen LogP) is 3.53. The number of carbonyl (C=O) groups excluding carboxylic acids is 1. The van der Waals surface area contributed by atoms with E-state index in [4.69, 9.17) is 0 Å². The summed E-state index contributed by atoms with van der Waals surface area (Å²) in [4.78, 5) is 11.7. The second kappa shape index (κ2) is 4.46. The highest BCUT2D eigenvalue weighted by molar-refractivity contribution is 7.12. The van der Waals surface area contributed by atoms with Gasteiger partial charge in [-0.25, -0.2) is 8.78 Å². The molecular formula is C10H10F2OS. The SMILES string of the molecule is C=CCC(F)(F)CC(=O)c1cccs1. The van der Waals surface area contributed by atoms with E-state index in [1.54, 1.807) is 17.5 Å². The third-order valence-electron chi connectivity index (χ3n) is 1.66. The highest BCUT2D eigenvalue weighted by Gasteiger charge is 2.31. The molecule has 76 valence electrons. The minimum Gasteiger partial charge on any atom is -0.293 e. The number of carbonyl (C=O) groups is 1. The Kier molecular flexibility index (Phi) is 3.52. The molecule has 0 fully saturated rings. The summed E-state index contributed by atoms with van der Waals surface area (Å²) in [6.07, 6.45) is -0.0641. The van der Waals surface area contributed by atoms with Gasteiger partial charge >= 0.3 is 0 Å². The van der Waals surface area contributed by atoms with Crippen molar-refractivity contribution in [2.45, 2.75) is 18.8 Å². The standard InChI is InChI=1S/C10H10F2OS/c1-2-5-10(11,12)7-8(13)9-4-3-6-14-9/h2-4,6H,1,5,7H2. The van der Waals surface area contributed by atoms with Crippen molar-refractivity contribution >= 4 is 17.1 Å². The van der Waals surface area contributed by atoms with E-state index >= 15 is 0 Å². The smallest absolute Gasteiger partial charge is 0.258 e. The van der Waals surface area contributed by atoms with Gasteiger partial charge in [-0.05, 0) is 11.4 Å². The minimum absolute atomic E-state index is 0.383. The zero-order valence-electron chi connectivity index (χ0n) is 7.50. The molecule has 0 saturated carbocycles. The lowest BCUT2D eigenvalue weighted by Crippen LogP contribution is -2.19. The van der Waals surface area contributed by atoms with Gasteiger partial charge in [0.15, 0.2) is 5.78 Å². The zero-order valence-corrected chi connectivity index (χ0v) is 8.32. The van der Waals surface area contributed by atoms with Crippen LogP contribution in [0.4, 0.5) is 8.78 Å². The Morgan fingerprint density at radius 3 is 2.86 bits per heavy atom. The quantitative estimate of drug-likeness (QED) is 0.543. The van der Waals surface area contributed by atoms with Crippen molar-refractivity contribution in [1.82, 2.24) is 0 Å². The molecule has 0 radical (unpaired) electrons. The van der Waals surface area contributed by atoms with Crippen LogP contribution in [0, 0.1) is 0 Å². The summed E-state index contributed by atoms with van der Waals surface area (Å²) in [5, 5.41) is 1.69. The molecular weight excluding hydrogens is 206 g/mol. The van der Waals surface area contributed by atoms with Crippen LogP contribution < -0.4 is 0 Å². The van der Waals surface area contributed by atoms with Gasteiger partial charge in [0.1, 0.15) is 0 Å².